The van der Waals surface area contributed by atoms with Crippen LogP contribution in [0.5, 0.6) is 6.01 Å². The van der Waals surface area contributed by atoms with E-state index in [1.54, 1.807) is 6.07 Å². The Morgan fingerprint density at radius 1 is 1.09 bits per heavy atom. The number of nitriles is 2. The van der Waals surface area contributed by atoms with Gasteiger partial charge in [0, 0.05) is 66.6 Å². The molecule has 3 aliphatic heterocycles. The minimum atomic E-state index is -0.804. The molecule has 4 aliphatic rings. The average Bonchev–Trinajstić information content (AvgIpc) is 3.73. The molecule has 242 valence electrons. The summed E-state index contributed by atoms with van der Waals surface area (Å²) in [6.07, 6.45) is 4.74. The number of hydrogen-bond donors (Lipinski definition) is 2. The van der Waals surface area contributed by atoms with Gasteiger partial charge in [0.25, 0.3) is 0 Å². The number of halogens is 3. The molecule has 4 fully saturated rings. The molecular weight excluding hydrogens is 625 g/mol. The first-order chi connectivity index (χ1) is 22.8. The summed E-state index contributed by atoms with van der Waals surface area (Å²) in [4.78, 5) is 13.7. The summed E-state index contributed by atoms with van der Waals surface area (Å²) >= 11 is 0.912. The third-order valence-corrected chi connectivity index (χ3v) is 11.4. The summed E-state index contributed by atoms with van der Waals surface area (Å²) < 4.78 is 52.3. The lowest BCUT2D eigenvalue weighted by Gasteiger charge is -2.43. The lowest BCUT2D eigenvalue weighted by atomic mass is 9.69. The summed E-state index contributed by atoms with van der Waals surface area (Å²) in [6, 6.07) is 8.88. The number of rotatable bonds is 7. The van der Waals surface area contributed by atoms with Gasteiger partial charge in [-0.25, -0.2) is 13.2 Å². The number of aromatic nitrogens is 2. The van der Waals surface area contributed by atoms with Crippen LogP contribution in [0.2, 0.25) is 0 Å². The van der Waals surface area contributed by atoms with Gasteiger partial charge in [0.2, 0.25) is 0 Å². The molecule has 3 atom stereocenters. The Labute approximate surface area is 273 Å². The van der Waals surface area contributed by atoms with Crippen molar-refractivity contribution in [1.82, 2.24) is 20.2 Å². The van der Waals surface area contributed by atoms with Crippen LogP contribution in [-0.4, -0.2) is 72.5 Å². The Morgan fingerprint density at radius 2 is 1.87 bits per heavy atom. The largest absolute Gasteiger partial charge is 0.463 e. The van der Waals surface area contributed by atoms with Crippen molar-refractivity contribution in [2.24, 2.45) is 5.41 Å². The van der Waals surface area contributed by atoms with E-state index >= 15 is 4.39 Å². The second-order valence-electron chi connectivity index (χ2n) is 13.5. The van der Waals surface area contributed by atoms with E-state index in [4.69, 9.17) is 15.5 Å². The molecule has 0 radical (unpaired) electrons. The third kappa shape index (κ3) is 5.12. The van der Waals surface area contributed by atoms with Gasteiger partial charge in [-0.05, 0) is 49.8 Å². The molecule has 47 heavy (non-hydrogen) atoms. The normalized spacial score (nSPS) is 23.6. The number of likely N-dealkylation sites (tertiary alicyclic amines) is 1. The number of piperazine rings is 1. The summed E-state index contributed by atoms with van der Waals surface area (Å²) in [7, 11) is 0. The predicted molar refractivity (Wildman–Crippen MR) is 174 cm³/mol. The Kier molecular flexibility index (Phi) is 7.39. The number of nitrogen functional groups attached to an aromatic ring is 1. The van der Waals surface area contributed by atoms with Crippen LogP contribution in [0, 0.1) is 39.7 Å². The highest BCUT2D eigenvalue weighted by molar-refractivity contribution is 7.23. The maximum Gasteiger partial charge on any atom is 0.319 e. The number of fused-ring (bicyclic) bond motifs is 4. The maximum atomic E-state index is 17.1. The monoisotopic (exact) mass is 658 g/mol. The van der Waals surface area contributed by atoms with Gasteiger partial charge in [-0.3, -0.25) is 4.90 Å². The topological polar surface area (TPSA) is 127 Å². The predicted octanol–water partition coefficient (Wildman–Crippen LogP) is 5.65. The number of alkyl halides is 1. The van der Waals surface area contributed by atoms with Gasteiger partial charge < -0.3 is 20.7 Å². The van der Waals surface area contributed by atoms with Crippen LogP contribution in [0.3, 0.4) is 0 Å². The maximum absolute atomic E-state index is 17.1. The van der Waals surface area contributed by atoms with Crippen molar-refractivity contribution in [3.63, 3.8) is 0 Å². The zero-order valence-electron chi connectivity index (χ0n) is 25.7. The number of hydrogen-bond acceptors (Lipinski definition) is 10. The molecule has 2 bridgehead atoms. The number of nitrogens with one attached hydrogen (secondary N) is 1. The lowest BCUT2D eigenvalue weighted by Crippen LogP contribution is -2.51. The number of anilines is 2. The summed E-state index contributed by atoms with van der Waals surface area (Å²) in [5.41, 5.74) is 6.05. The molecule has 4 aromatic rings. The van der Waals surface area contributed by atoms with E-state index in [9.17, 15) is 19.3 Å². The standard InChI is InChI=1S/C34H33F3N8OS/c35-19-6-9-44(13-19)16-34(7-1-8-34)17-46-33-42-29-23(32(43-33)45-14-20-2-3-21(15-45)41-20)10-18(11-38)26(28(29)37)22-4-5-25(36)30-27(22)24(12-39)31(40)47-30/h4-5,10,19-21,41H,1-3,6-9,13-17,40H2/t19-,20?,21?/m1/s1. The Bertz CT molecular complexity index is 1990. The highest BCUT2D eigenvalue weighted by Crippen LogP contribution is 2.46. The smallest absolute Gasteiger partial charge is 0.319 e. The third-order valence-electron chi connectivity index (χ3n) is 10.4. The molecule has 13 heteroatoms. The van der Waals surface area contributed by atoms with E-state index in [0.29, 0.717) is 43.9 Å². The second kappa shape index (κ2) is 11.5. The van der Waals surface area contributed by atoms with Crippen molar-refractivity contribution in [1.29, 1.82) is 10.5 Å². The van der Waals surface area contributed by atoms with E-state index in [1.807, 2.05) is 6.07 Å². The fourth-order valence-electron chi connectivity index (χ4n) is 7.97. The molecular formula is C34H33F3N8OS. The molecule has 8 rings (SSSR count). The highest BCUT2D eigenvalue weighted by Gasteiger charge is 2.41. The molecule has 3 saturated heterocycles. The Balaban J connectivity index is 1.26. The molecule has 2 aromatic carbocycles. The molecule has 0 spiro atoms. The zero-order chi connectivity index (χ0) is 32.4. The summed E-state index contributed by atoms with van der Waals surface area (Å²) in [5, 5.41) is 24.5. The molecule has 3 N–H and O–H groups in total. The Hall–Kier alpha value is -4.17. The zero-order valence-corrected chi connectivity index (χ0v) is 26.5. The van der Waals surface area contributed by atoms with E-state index < -0.39 is 17.8 Å². The van der Waals surface area contributed by atoms with Crippen LogP contribution in [0.15, 0.2) is 18.2 Å². The minimum absolute atomic E-state index is 0.0124. The first-order valence-electron chi connectivity index (χ1n) is 16.1. The van der Waals surface area contributed by atoms with Gasteiger partial charge in [-0.15, -0.1) is 11.3 Å². The number of ether oxygens (including phenoxy) is 1. The first-order valence-corrected chi connectivity index (χ1v) is 16.9. The van der Waals surface area contributed by atoms with E-state index in [0.717, 1.165) is 56.5 Å². The number of nitrogens with two attached hydrogens (primary N) is 1. The SMILES string of the molecule is N#Cc1cc2c(N3CC4CCC(C3)N4)nc(OCC3(CN4CC[C@@H](F)C4)CCC3)nc2c(F)c1-c1ccc(F)c2sc(N)c(C#N)c12. The van der Waals surface area contributed by atoms with Crippen molar-refractivity contribution in [2.75, 3.05) is 50.0 Å². The molecule has 2 unspecified atom stereocenters. The highest BCUT2D eigenvalue weighted by atomic mass is 32.1. The van der Waals surface area contributed by atoms with Crippen molar-refractivity contribution in [3.05, 3.63) is 41.0 Å². The Morgan fingerprint density at radius 3 is 2.53 bits per heavy atom. The van der Waals surface area contributed by atoms with Crippen LogP contribution >= 0.6 is 11.3 Å². The average molecular weight is 659 g/mol. The van der Waals surface area contributed by atoms with Gasteiger partial charge in [-0.2, -0.15) is 20.5 Å². The van der Waals surface area contributed by atoms with E-state index in [-0.39, 0.29) is 66.4 Å². The van der Waals surface area contributed by atoms with E-state index in [2.05, 4.69) is 26.2 Å². The van der Waals surface area contributed by atoms with Crippen LogP contribution in [0.25, 0.3) is 32.1 Å². The van der Waals surface area contributed by atoms with E-state index in [1.165, 1.54) is 12.1 Å². The van der Waals surface area contributed by atoms with Gasteiger partial charge in [0.1, 0.15) is 34.4 Å². The first kappa shape index (κ1) is 30.2. The fraction of sp³-hybridized carbons (Fsp3) is 0.471. The number of nitrogens with zero attached hydrogens (tertiary/aromatic N) is 6. The molecule has 0 amide bonds. The summed E-state index contributed by atoms with van der Waals surface area (Å²) in [5.74, 6) is -0.873. The van der Waals surface area contributed by atoms with Gasteiger partial charge in [-0.1, -0.05) is 12.5 Å². The molecule has 1 aliphatic carbocycles. The fourth-order valence-corrected chi connectivity index (χ4v) is 8.92. The lowest BCUT2D eigenvalue weighted by molar-refractivity contribution is 0.0196. The number of benzene rings is 2. The van der Waals surface area contributed by atoms with Crippen LogP contribution in [0.1, 0.15) is 49.7 Å². The summed E-state index contributed by atoms with van der Waals surface area (Å²) in [6.45, 7) is 3.52. The molecule has 1 saturated carbocycles. The van der Waals surface area contributed by atoms with Crippen molar-refractivity contribution in [2.45, 2.75) is 56.8 Å². The van der Waals surface area contributed by atoms with Crippen LogP contribution in [-0.2, 0) is 0 Å². The van der Waals surface area contributed by atoms with Crippen molar-refractivity contribution in [3.8, 4) is 29.3 Å². The molecule has 9 nitrogen and oxygen atoms in total. The van der Waals surface area contributed by atoms with Crippen molar-refractivity contribution >= 4 is 43.1 Å². The quantitative estimate of drug-likeness (QED) is 0.259. The van der Waals surface area contributed by atoms with Crippen LogP contribution < -0.4 is 20.7 Å². The van der Waals surface area contributed by atoms with Gasteiger partial charge in [0.15, 0.2) is 5.82 Å². The van der Waals surface area contributed by atoms with Crippen molar-refractivity contribution < 1.29 is 17.9 Å². The minimum Gasteiger partial charge on any atom is -0.463 e. The number of thiophene rings is 1. The molecule has 2 aromatic heterocycles. The van der Waals surface area contributed by atoms with Gasteiger partial charge in [0.05, 0.1) is 28.5 Å². The van der Waals surface area contributed by atoms with Crippen LogP contribution in [0.4, 0.5) is 24.0 Å². The van der Waals surface area contributed by atoms with Gasteiger partial charge >= 0.3 is 6.01 Å². The second-order valence-corrected chi connectivity index (χ2v) is 14.6. The molecule has 5 heterocycles.